The predicted octanol–water partition coefficient (Wildman–Crippen LogP) is 6.15. The van der Waals surface area contributed by atoms with Crippen LogP contribution in [-0.4, -0.2) is 29.8 Å². The van der Waals surface area contributed by atoms with Gasteiger partial charge < -0.3 is 4.52 Å². The topological polar surface area (TPSA) is 133 Å². The molecule has 0 unspecified atom stereocenters. The molecule has 13 heteroatoms. The third kappa shape index (κ3) is 6.98. The minimum absolute atomic E-state index is 0.0595. The van der Waals surface area contributed by atoms with Gasteiger partial charge in [-0.05, 0) is 47.7 Å². The van der Waals surface area contributed by atoms with E-state index in [1.165, 1.54) is 12.1 Å². The molecule has 0 fully saturated rings. The van der Waals surface area contributed by atoms with E-state index in [0.717, 1.165) is 35.2 Å². The molecular formula is C34H29F3N6O4. The highest BCUT2D eigenvalue weighted by atomic mass is 19.4. The molecule has 0 saturated heterocycles. The number of halogens is 3. The first-order chi connectivity index (χ1) is 22.6. The second-order valence-corrected chi connectivity index (χ2v) is 11.1. The van der Waals surface area contributed by atoms with Crippen LogP contribution in [-0.2, 0) is 32.0 Å². The van der Waals surface area contributed by atoms with Gasteiger partial charge in [-0.25, -0.2) is 9.78 Å². The first-order valence-corrected chi connectivity index (χ1v) is 14.9. The van der Waals surface area contributed by atoms with Gasteiger partial charge in [0.05, 0.1) is 18.5 Å². The molecule has 47 heavy (non-hydrogen) atoms. The molecule has 0 radical (unpaired) electrons. The van der Waals surface area contributed by atoms with Crippen molar-refractivity contribution in [2.75, 3.05) is 0 Å². The van der Waals surface area contributed by atoms with Gasteiger partial charge in [0, 0.05) is 29.7 Å². The van der Waals surface area contributed by atoms with Crippen LogP contribution >= 0.6 is 0 Å². The van der Waals surface area contributed by atoms with Crippen LogP contribution in [0.4, 0.5) is 13.2 Å². The summed E-state index contributed by atoms with van der Waals surface area (Å²) in [4.78, 5) is 37.2. The number of aromatic amines is 1. The fraction of sp³-hybridized carbons (Fsp3) is 0.235. The van der Waals surface area contributed by atoms with E-state index in [4.69, 9.17) is 9.51 Å². The summed E-state index contributed by atoms with van der Waals surface area (Å²) in [6.07, 6.45) is -2.78. The SMILES string of the molecule is CCCc1nc(C)c(Cc2nc(Cc3ccc(C(F)(F)F)cc3)no2)c(=O)n1Cc1ccc(-c2ccccc2-c2noc(=O)[nH]2)cc1. The second-order valence-electron chi connectivity index (χ2n) is 11.1. The molecule has 0 saturated carbocycles. The van der Waals surface area contributed by atoms with Gasteiger partial charge in [-0.3, -0.25) is 18.9 Å². The minimum Gasteiger partial charge on any atom is -0.339 e. The molecule has 6 rings (SSSR count). The molecule has 1 N–H and O–H groups in total. The van der Waals surface area contributed by atoms with E-state index in [1.807, 2.05) is 55.5 Å². The average molecular weight is 643 g/mol. The molecule has 3 heterocycles. The van der Waals surface area contributed by atoms with Gasteiger partial charge in [0.1, 0.15) is 5.82 Å². The molecule has 0 aliphatic heterocycles. The van der Waals surface area contributed by atoms with Crippen molar-refractivity contribution in [3.63, 3.8) is 0 Å². The van der Waals surface area contributed by atoms with Crippen molar-refractivity contribution in [1.29, 1.82) is 0 Å². The van der Waals surface area contributed by atoms with Crippen LogP contribution in [0.3, 0.4) is 0 Å². The molecule has 0 aliphatic rings. The lowest BCUT2D eigenvalue weighted by atomic mass is 9.98. The lowest BCUT2D eigenvalue weighted by Gasteiger charge is -2.16. The molecule has 240 valence electrons. The minimum atomic E-state index is -4.42. The Labute approximate surface area is 265 Å². The van der Waals surface area contributed by atoms with Crippen molar-refractivity contribution in [1.82, 2.24) is 29.8 Å². The van der Waals surface area contributed by atoms with E-state index in [0.29, 0.717) is 46.3 Å². The van der Waals surface area contributed by atoms with Gasteiger partial charge in [-0.15, -0.1) is 0 Å². The molecule has 3 aromatic carbocycles. The Kier molecular flexibility index (Phi) is 8.70. The molecule has 3 aromatic heterocycles. The van der Waals surface area contributed by atoms with Gasteiger partial charge in [-0.2, -0.15) is 18.2 Å². The van der Waals surface area contributed by atoms with Gasteiger partial charge in [0.25, 0.3) is 5.56 Å². The van der Waals surface area contributed by atoms with Crippen molar-refractivity contribution >= 4 is 0 Å². The van der Waals surface area contributed by atoms with Crippen molar-refractivity contribution in [2.45, 2.75) is 52.3 Å². The number of hydrogen-bond acceptors (Lipinski definition) is 8. The Morgan fingerprint density at radius 3 is 2.19 bits per heavy atom. The van der Waals surface area contributed by atoms with E-state index in [1.54, 1.807) is 11.5 Å². The summed E-state index contributed by atoms with van der Waals surface area (Å²) in [6, 6.07) is 20.0. The van der Waals surface area contributed by atoms with E-state index in [-0.39, 0.29) is 30.8 Å². The Morgan fingerprint density at radius 1 is 0.830 bits per heavy atom. The number of alkyl halides is 3. The summed E-state index contributed by atoms with van der Waals surface area (Å²) in [5.74, 6) is 0.862. The average Bonchev–Trinajstić information content (AvgIpc) is 3.70. The molecule has 10 nitrogen and oxygen atoms in total. The summed E-state index contributed by atoms with van der Waals surface area (Å²) in [5.41, 5.74) is 3.96. The van der Waals surface area contributed by atoms with E-state index >= 15 is 0 Å². The summed E-state index contributed by atoms with van der Waals surface area (Å²) >= 11 is 0. The Morgan fingerprint density at radius 2 is 1.53 bits per heavy atom. The fourth-order valence-electron chi connectivity index (χ4n) is 5.38. The van der Waals surface area contributed by atoms with Crippen LogP contribution in [0.25, 0.3) is 22.5 Å². The monoisotopic (exact) mass is 642 g/mol. The summed E-state index contributed by atoms with van der Waals surface area (Å²) < 4.78 is 50.5. The van der Waals surface area contributed by atoms with Crippen LogP contribution < -0.4 is 11.3 Å². The van der Waals surface area contributed by atoms with Gasteiger partial charge in [0.2, 0.25) is 5.89 Å². The molecule has 0 atom stereocenters. The molecule has 0 spiro atoms. The zero-order valence-corrected chi connectivity index (χ0v) is 25.5. The van der Waals surface area contributed by atoms with Gasteiger partial charge in [0.15, 0.2) is 11.6 Å². The zero-order valence-electron chi connectivity index (χ0n) is 25.5. The number of H-pyrrole nitrogens is 1. The summed E-state index contributed by atoms with van der Waals surface area (Å²) in [5, 5.41) is 7.79. The number of nitrogens with zero attached hydrogens (tertiary/aromatic N) is 5. The maximum atomic E-state index is 13.9. The van der Waals surface area contributed by atoms with Crippen LogP contribution in [0.2, 0.25) is 0 Å². The van der Waals surface area contributed by atoms with E-state index in [2.05, 4.69) is 24.8 Å². The van der Waals surface area contributed by atoms with Gasteiger partial charge >= 0.3 is 11.9 Å². The lowest BCUT2D eigenvalue weighted by molar-refractivity contribution is -0.137. The number of nitrogens with one attached hydrogen (secondary N) is 1. The maximum absolute atomic E-state index is 13.9. The van der Waals surface area contributed by atoms with E-state index in [9.17, 15) is 22.8 Å². The fourth-order valence-corrected chi connectivity index (χ4v) is 5.38. The smallest absolute Gasteiger partial charge is 0.339 e. The number of aromatic nitrogens is 6. The Hall–Kier alpha value is -5.59. The lowest BCUT2D eigenvalue weighted by Crippen LogP contribution is -2.30. The van der Waals surface area contributed by atoms with Crippen LogP contribution in [0.1, 0.15) is 58.8 Å². The first-order valence-electron chi connectivity index (χ1n) is 14.9. The zero-order chi connectivity index (χ0) is 33.1. The van der Waals surface area contributed by atoms with Crippen molar-refractivity contribution in [3.8, 4) is 22.5 Å². The van der Waals surface area contributed by atoms with Crippen LogP contribution in [0, 0.1) is 6.92 Å². The number of hydrogen-bond donors (Lipinski definition) is 1. The molecule has 0 bridgehead atoms. The number of aryl methyl sites for hydroxylation is 2. The Bertz CT molecular complexity index is 2130. The van der Waals surface area contributed by atoms with Crippen LogP contribution in [0.5, 0.6) is 0 Å². The summed E-state index contributed by atoms with van der Waals surface area (Å²) in [6.45, 7) is 4.08. The Balaban J connectivity index is 1.23. The third-order valence-electron chi connectivity index (χ3n) is 7.73. The highest BCUT2D eigenvalue weighted by Crippen LogP contribution is 2.31. The molecule has 0 amide bonds. The van der Waals surface area contributed by atoms with E-state index < -0.39 is 17.5 Å². The molecule has 0 aliphatic carbocycles. The van der Waals surface area contributed by atoms with Gasteiger partial charge in [-0.1, -0.05) is 77.9 Å². The van der Waals surface area contributed by atoms with Crippen molar-refractivity contribution < 1.29 is 22.2 Å². The second kappa shape index (κ2) is 13.0. The third-order valence-corrected chi connectivity index (χ3v) is 7.73. The summed E-state index contributed by atoms with van der Waals surface area (Å²) in [7, 11) is 0. The largest absolute Gasteiger partial charge is 0.439 e. The quantitative estimate of drug-likeness (QED) is 0.188. The van der Waals surface area contributed by atoms with Crippen LogP contribution in [0.15, 0.2) is 91.4 Å². The van der Waals surface area contributed by atoms with Crippen molar-refractivity contribution in [2.24, 2.45) is 0 Å². The normalized spacial score (nSPS) is 11.7. The highest BCUT2D eigenvalue weighted by Gasteiger charge is 2.30. The predicted molar refractivity (Wildman–Crippen MR) is 166 cm³/mol. The molecule has 6 aromatic rings. The number of rotatable bonds is 10. The molecular weight excluding hydrogens is 613 g/mol. The first kappa shape index (κ1) is 31.4. The highest BCUT2D eigenvalue weighted by molar-refractivity contribution is 5.80. The standard InChI is InChI=1S/C34H29F3N6O4/c1-3-6-29-38-20(2)27(18-30-39-28(41-46-30)17-21-11-15-24(16-12-21)34(35,36)37)32(44)43(29)19-22-9-13-23(14-10-22)25-7-4-5-8-26(25)31-40-33(45)47-42-31/h4-5,7-16H,3,6,17-19H2,1-2H3,(H,40,42,45). The van der Waals surface area contributed by atoms with Crippen molar-refractivity contribution in [3.05, 3.63) is 139 Å². The number of benzene rings is 3. The maximum Gasteiger partial charge on any atom is 0.439 e.